The second-order valence-electron chi connectivity index (χ2n) is 17.7. The normalized spacial score (nSPS) is 11.0. The van der Waals surface area contributed by atoms with Crippen molar-refractivity contribution in [2.45, 2.75) is 6.18 Å². The van der Waals surface area contributed by atoms with Gasteiger partial charge in [0.2, 0.25) is 0 Å². The van der Waals surface area contributed by atoms with Gasteiger partial charge in [0, 0.05) is 43.8 Å². The van der Waals surface area contributed by atoms with Crippen molar-refractivity contribution in [3.8, 4) is 104 Å². The molecular weight excluding hydrogens is 954 g/mol. The number of rotatable bonds is 6. The first-order valence-corrected chi connectivity index (χ1v) is 23.1. The SMILES string of the molecule is N#Cc1cc(C#N)c(-c2ccc3c(c2)c2ccccc2n3-c2ccc(C#N)cc2-c2ccc(-c3ccc(C#N)cc3C(F)(F)F)cc2-n2c3ccccc3c3cc(-c4c(C#N)cc(C#N)cc4C#N)ccc32)c(C#N)c1. The van der Waals surface area contributed by atoms with Gasteiger partial charge < -0.3 is 9.13 Å². The summed E-state index contributed by atoms with van der Waals surface area (Å²) < 4.78 is 49.1. The van der Waals surface area contributed by atoms with Gasteiger partial charge in [0.1, 0.15) is 0 Å². The third-order valence-electron chi connectivity index (χ3n) is 13.6. The van der Waals surface area contributed by atoms with Crippen LogP contribution in [0, 0.1) is 90.6 Å². The van der Waals surface area contributed by atoms with Crippen LogP contribution < -0.4 is 0 Å². The van der Waals surface area contributed by atoms with Crippen molar-refractivity contribution in [2.24, 2.45) is 0 Å². The summed E-state index contributed by atoms with van der Waals surface area (Å²) in [4.78, 5) is 0. The third-order valence-corrected chi connectivity index (χ3v) is 13.6. The number of fused-ring (bicyclic) bond motifs is 6. The molecule has 350 valence electrons. The van der Waals surface area contributed by atoms with Gasteiger partial charge in [-0.25, -0.2) is 0 Å². The molecule has 0 atom stereocenters. The minimum atomic E-state index is -4.85. The summed E-state index contributed by atoms with van der Waals surface area (Å²) in [7, 11) is 0. The van der Waals surface area contributed by atoms with Gasteiger partial charge in [-0.1, -0.05) is 66.7 Å². The Morgan fingerprint density at radius 1 is 0.316 bits per heavy atom. The van der Waals surface area contributed by atoms with Crippen LogP contribution in [-0.4, -0.2) is 9.13 Å². The second kappa shape index (κ2) is 18.2. The maximum Gasteiger partial charge on any atom is 0.417 e. The number of hydrogen-bond donors (Lipinski definition) is 0. The molecule has 2 heterocycles. The summed E-state index contributed by atoms with van der Waals surface area (Å²) >= 11 is 0. The molecule has 2 aromatic heterocycles. The molecule has 9 aromatic carbocycles. The maximum absolute atomic E-state index is 15.0. The Bertz CT molecular complexity index is 4680. The van der Waals surface area contributed by atoms with E-state index < -0.39 is 11.7 Å². The van der Waals surface area contributed by atoms with Crippen LogP contribution in [0.15, 0.2) is 164 Å². The van der Waals surface area contributed by atoms with Crippen molar-refractivity contribution in [1.82, 2.24) is 9.13 Å². The first-order chi connectivity index (χ1) is 36.9. The number of alkyl halides is 3. The molecule has 0 aliphatic heterocycles. The molecule has 0 amide bonds. The monoisotopic (exact) mass is 980 g/mol. The highest BCUT2D eigenvalue weighted by atomic mass is 19.4. The summed E-state index contributed by atoms with van der Waals surface area (Å²) in [5, 5.41) is 83.5. The topological polar surface area (TPSA) is 200 Å². The molecule has 0 saturated heterocycles. The highest BCUT2D eigenvalue weighted by Crippen LogP contribution is 2.46. The lowest BCUT2D eigenvalue weighted by Gasteiger charge is -2.21. The molecule has 0 N–H and O–H groups in total. The minimum Gasteiger partial charge on any atom is -0.309 e. The molecule has 11 aromatic rings. The van der Waals surface area contributed by atoms with Crippen molar-refractivity contribution in [1.29, 1.82) is 42.1 Å². The highest BCUT2D eigenvalue weighted by Gasteiger charge is 2.35. The van der Waals surface area contributed by atoms with Crippen LogP contribution in [0.1, 0.15) is 50.1 Å². The third kappa shape index (κ3) is 7.44. The predicted molar refractivity (Wildman–Crippen MR) is 280 cm³/mol. The molecule has 0 saturated carbocycles. The Kier molecular flexibility index (Phi) is 11.1. The molecule has 76 heavy (non-hydrogen) atoms. The van der Waals surface area contributed by atoms with Gasteiger partial charge in [0.25, 0.3) is 0 Å². The first-order valence-electron chi connectivity index (χ1n) is 23.1. The van der Waals surface area contributed by atoms with Crippen LogP contribution in [-0.2, 0) is 6.18 Å². The lowest BCUT2D eigenvalue weighted by atomic mass is 9.92. The van der Waals surface area contributed by atoms with E-state index in [2.05, 4.69) is 30.3 Å². The summed E-state index contributed by atoms with van der Waals surface area (Å²) in [5.74, 6) is 0. The maximum atomic E-state index is 15.0. The van der Waals surface area contributed by atoms with E-state index in [9.17, 15) is 42.1 Å². The minimum absolute atomic E-state index is 0.121. The van der Waals surface area contributed by atoms with Crippen molar-refractivity contribution in [3.05, 3.63) is 214 Å². The average Bonchev–Trinajstić information content (AvgIpc) is 4.00. The molecule has 10 nitrogen and oxygen atoms in total. The van der Waals surface area contributed by atoms with Gasteiger partial charge in [-0.05, 0) is 119 Å². The smallest absolute Gasteiger partial charge is 0.309 e. The standard InChI is InChI=1S/C63H27F3N10/c64-63(65,66)54-24-37(29-68)9-14-47(54)40-11-15-50(60(27-40)76-56-8-4-2-6-49(56)53-26-42(13-18-59(53)76)62-45(34-73)21-39(31-70)22-46(62)35-74)51-23-36(28-67)10-16-57(51)75-55-7-3-1-5-48(55)52-25-41(12-17-58(52)75)61-43(32-71)19-38(30-69)20-44(61)33-72/h1-27H. The quantitative estimate of drug-likeness (QED) is 0.157. The number of benzene rings is 9. The second-order valence-corrected chi connectivity index (χ2v) is 17.7. The molecule has 0 fully saturated rings. The zero-order valence-corrected chi connectivity index (χ0v) is 39.2. The molecule has 11 rings (SSSR count). The fraction of sp³-hybridized carbons (Fsp3) is 0.0159. The first kappa shape index (κ1) is 46.7. The summed E-state index contributed by atoms with van der Waals surface area (Å²) in [6, 6.07) is 62.1. The number of hydrogen-bond acceptors (Lipinski definition) is 8. The van der Waals surface area contributed by atoms with Crippen LogP contribution in [0.3, 0.4) is 0 Å². The van der Waals surface area contributed by atoms with Gasteiger partial charge in [-0.2, -0.15) is 55.3 Å². The molecule has 13 heteroatoms. The Balaban J connectivity index is 1.23. The van der Waals surface area contributed by atoms with E-state index in [1.54, 1.807) is 42.5 Å². The van der Waals surface area contributed by atoms with Gasteiger partial charge >= 0.3 is 6.18 Å². The molecular formula is C63H27F3N10. The molecule has 0 aliphatic rings. The van der Waals surface area contributed by atoms with Crippen LogP contribution in [0.4, 0.5) is 13.2 Å². The van der Waals surface area contributed by atoms with Crippen LogP contribution in [0.25, 0.3) is 99.5 Å². The zero-order valence-electron chi connectivity index (χ0n) is 39.2. The number of aromatic nitrogens is 2. The van der Waals surface area contributed by atoms with Crippen molar-refractivity contribution in [3.63, 3.8) is 0 Å². The van der Waals surface area contributed by atoms with E-state index in [-0.39, 0.29) is 55.6 Å². The molecule has 0 bridgehead atoms. The number of para-hydroxylation sites is 2. The van der Waals surface area contributed by atoms with Gasteiger partial charge in [-0.15, -0.1) is 0 Å². The lowest BCUT2D eigenvalue weighted by molar-refractivity contribution is -0.137. The van der Waals surface area contributed by atoms with E-state index >= 15 is 13.2 Å². The van der Waals surface area contributed by atoms with Crippen LogP contribution in [0.2, 0.25) is 0 Å². The van der Waals surface area contributed by atoms with Crippen molar-refractivity contribution < 1.29 is 13.2 Å². The van der Waals surface area contributed by atoms with Gasteiger partial charge in [0.05, 0.1) is 132 Å². The highest BCUT2D eigenvalue weighted by molar-refractivity contribution is 6.13. The number of halogens is 3. The summed E-state index contributed by atoms with van der Waals surface area (Å²) in [6.45, 7) is 0. The Morgan fingerprint density at radius 2 is 0.737 bits per heavy atom. The zero-order chi connectivity index (χ0) is 53.0. The summed E-state index contributed by atoms with van der Waals surface area (Å²) in [6.07, 6.45) is -4.85. The number of nitriles is 8. The van der Waals surface area contributed by atoms with E-state index in [1.165, 1.54) is 36.4 Å². The number of nitrogens with zero attached hydrogens (tertiary/aromatic N) is 10. The lowest BCUT2D eigenvalue weighted by Crippen LogP contribution is -2.08. The van der Waals surface area contributed by atoms with E-state index in [4.69, 9.17) is 0 Å². The van der Waals surface area contributed by atoms with Crippen LogP contribution in [0.5, 0.6) is 0 Å². The fourth-order valence-electron chi connectivity index (χ4n) is 10.4. The molecule has 0 aliphatic carbocycles. The fourth-order valence-corrected chi connectivity index (χ4v) is 10.4. The predicted octanol–water partition coefficient (Wildman–Crippen LogP) is 14.5. The Morgan fingerprint density at radius 3 is 1.21 bits per heavy atom. The van der Waals surface area contributed by atoms with Gasteiger partial charge in [0.15, 0.2) is 0 Å². The molecule has 0 unspecified atom stereocenters. The van der Waals surface area contributed by atoms with Crippen molar-refractivity contribution >= 4 is 43.6 Å². The van der Waals surface area contributed by atoms with Crippen LogP contribution >= 0.6 is 0 Å². The largest absolute Gasteiger partial charge is 0.417 e. The molecule has 0 spiro atoms. The van der Waals surface area contributed by atoms with E-state index in [0.29, 0.717) is 66.7 Å². The Hall–Kier alpha value is -11.7. The molecule has 0 radical (unpaired) electrons. The summed E-state index contributed by atoms with van der Waals surface area (Å²) in [5.41, 5.74) is 6.46. The average molecular weight is 981 g/mol. The Labute approximate surface area is 430 Å². The van der Waals surface area contributed by atoms with E-state index in [1.807, 2.05) is 106 Å². The van der Waals surface area contributed by atoms with E-state index in [0.717, 1.165) is 27.7 Å². The van der Waals surface area contributed by atoms with Gasteiger partial charge in [-0.3, -0.25) is 0 Å². The van der Waals surface area contributed by atoms with Crippen molar-refractivity contribution in [2.75, 3.05) is 0 Å².